The Kier molecular flexibility index (Phi) is 2.97. The summed E-state index contributed by atoms with van der Waals surface area (Å²) in [6, 6.07) is 8.11. The smallest absolute Gasteiger partial charge is 0.402 e. The quantitative estimate of drug-likeness (QED) is 0.826. The van der Waals surface area contributed by atoms with Crippen LogP contribution < -0.4 is 5.73 Å². The summed E-state index contributed by atoms with van der Waals surface area (Å²) in [5.74, 6) is -0.313. The summed E-state index contributed by atoms with van der Waals surface area (Å²) < 4.78 is 12.1. The lowest BCUT2D eigenvalue weighted by Crippen LogP contribution is -2.41. The first-order valence-electron chi connectivity index (χ1n) is 6.99. The van der Waals surface area contributed by atoms with Gasteiger partial charge in [0.25, 0.3) is 0 Å². The Morgan fingerprint density at radius 2 is 1.70 bits per heavy atom. The molecule has 4 nitrogen and oxygen atoms in total. The number of aromatic nitrogens is 1. The van der Waals surface area contributed by atoms with E-state index in [9.17, 15) is 0 Å². The van der Waals surface area contributed by atoms with Crippen LogP contribution in [0.4, 0.5) is 0 Å². The molecule has 1 aromatic heterocycles. The molecule has 0 saturated carbocycles. The highest BCUT2D eigenvalue weighted by Crippen LogP contribution is 2.40. The fourth-order valence-electron chi connectivity index (χ4n) is 2.55. The number of H-pyrrole nitrogens is 1. The molecule has 0 aliphatic carbocycles. The van der Waals surface area contributed by atoms with E-state index in [1.807, 2.05) is 52.1 Å². The highest BCUT2D eigenvalue weighted by Gasteiger charge is 2.53. The molecule has 1 aliphatic heterocycles. The topological polar surface area (TPSA) is 60.3 Å². The summed E-state index contributed by atoms with van der Waals surface area (Å²) >= 11 is 0. The summed E-state index contributed by atoms with van der Waals surface area (Å²) in [5, 5.41) is 1.12. The lowest BCUT2D eigenvalue weighted by atomic mass is 9.75. The molecule has 5 heteroatoms. The van der Waals surface area contributed by atoms with Crippen molar-refractivity contribution in [3.05, 3.63) is 36.0 Å². The van der Waals surface area contributed by atoms with Crippen LogP contribution in [-0.2, 0) is 9.31 Å². The fraction of sp³-hybridized carbons (Fsp3) is 0.467. The minimum atomic E-state index is -0.431. The average molecular weight is 272 g/mol. The van der Waals surface area contributed by atoms with Crippen molar-refractivity contribution >= 4 is 18.0 Å². The molecule has 0 radical (unpaired) electrons. The van der Waals surface area contributed by atoms with Crippen LogP contribution in [0.15, 0.2) is 30.5 Å². The Morgan fingerprint density at radius 1 is 1.10 bits per heavy atom. The molecule has 106 valence electrons. The highest BCUT2D eigenvalue weighted by molar-refractivity contribution is 6.47. The molecule has 1 saturated heterocycles. The van der Waals surface area contributed by atoms with Gasteiger partial charge in [0.05, 0.1) is 17.1 Å². The molecular formula is C15H21BN2O2. The van der Waals surface area contributed by atoms with Gasteiger partial charge >= 0.3 is 7.12 Å². The van der Waals surface area contributed by atoms with E-state index in [0.717, 1.165) is 16.5 Å². The second-order valence-electron chi connectivity index (χ2n) is 6.44. The summed E-state index contributed by atoms with van der Waals surface area (Å²) in [6.45, 7) is 8.15. The van der Waals surface area contributed by atoms with Gasteiger partial charge in [-0.2, -0.15) is 0 Å². The maximum Gasteiger partial charge on any atom is 0.480 e. The van der Waals surface area contributed by atoms with Crippen molar-refractivity contribution in [2.75, 3.05) is 0 Å². The first-order chi connectivity index (χ1) is 9.32. The first kappa shape index (κ1) is 13.7. The molecule has 1 aromatic carbocycles. The van der Waals surface area contributed by atoms with E-state index in [2.05, 4.69) is 11.1 Å². The molecular weight excluding hydrogens is 251 g/mol. The number of aromatic amines is 1. The lowest BCUT2D eigenvalue weighted by molar-refractivity contribution is 0.00578. The summed E-state index contributed by atoms with van der Waals surface area (Å²) in [7, 11) is -0.431. The van der Waals surface area contributed by atoms with Crippen LogP contribution in [0.3, 0.4) is 0 Å². The number of rotatable bonds is 2. The van der Waals surface area contributed by atoms with Crippen molar-refractivity contribution in [2.45, 2.75) is 44.8 Å². The molecule has 0 amide bonds. The Bertz CT molecular complexity index is 620. The van der Waals surface area contributed by atoms with E-state index in [4.69, 9.17) is 15.0 Å². The van der Waals surface area contributed by atoms with Crippen molar-refractivity contribution in [2.24, 2.45) is 5.73 Å². The third-order valence-electron chi connectivity index (χ3n) is 4.55. The molecule has 2 heterocycles. The van der Waals surface area contributed by atoms with Gasteiger partial charge in [-0.3, -0.25) is 0 Å². The van der Waals surface area contributed by atoms with Crippen molar-refractivity contribution in [3.8, 4) is 0 Å². The monoisotopic (exact) mass is 272 g/mol. The van der Waals surface area contributed by atoms with Crippen molar-refractivity contribution < 1.29 is 9.31 Å². The number of para-hydroxylation sites is 1. The Balaban J connectivity index is 1.93. The molecule has 3 rings (SSSR count). The number of hydrogen-bond donors (Lipinski definition) is 2. The molecule has 20 heavy (non-hydrogen) atoms. The Hall–Kier alpha value is -1.30. The van der Waals surface area contributed by atoms with Gasteiger partial charge in [-0.05, 0) is 39.3 Å². The van der Waals surface area contributed by atoms with Crippen LogP contribution in [0.2, 0.25) is 0 Å². The van der Waals surface area contributed by atoms with Gasteiger partial charge in [0, 0.05) is 17.1 Å². The van der Waals surface area contributed by atoms with Gasteiger partial charge in [-0.15, -0.1) is 0 Å². The lowest BCUT2D eigenvalue weighted by Gasteiger charge is -2.32. The number of fused-ring (bicyclic) bond motifs is 1. The van der Waals surface area contributed by atoms with Crippen LogP contribution in [0.5, 0.6) is 0 Å². The average Bonchev–Trinajstić information content (AvgIpc) is 2.88. The molecule has 0 unspecified atom stereocenters. The Labute approximate surface area is 119 Å². The zero-order valence-corrected chi connectivity index (χ0v) is 12.4. The van der Waals surface area contributed by atoms with Crippen molar-refractivity contribution in [1.82, 2.24) is 4.98 Å². The number of nitrogens with one attached hydrogen (secondary N) is 1. The molecule has 0 spiro atoms. The molecule has 2 aromatic rings. The first-order valence-corrected chi connectivity index (χ1v) is 6.99. The SMILES string of the molecule is CC1(C)OB([C@H](N)c2c[nH]c3ccccc23)OC1(C)C. The second-order valence-corrected chi connectivity index (χ2v) is 6.44. The van der Waals surface area contributed by atoms with E-state index in [-0.39, 0.29) is 17.1 Å². The van der Waals surface area contributed by atoms with Crippen LogP contribution in [0.1, 0.15) is 39.2 Å². The minimum Gasteiger partial charge on any atom is -0.402 e. The standard InChI is InChI=1S/C15H21BN2O2/c1-14(2)15(3,4)20-16(19-14)13(17)11-9-18-12-8-6-5-7-10(11)12/h5-9,13,18H,17H2,1-4H3/t13-/m1/s1. The van der Waals surface area contributed by atoms with Gasteiger partial charge in [-0.25, -0.2) is 0 Å². The molecule has 3 N–H and O–H groups in total. The van der Waals surface area contributed by atoms with E-state index >= 15 is 0 Å². The molecule has 1 fully saturated rings. The van der Waals surface area contributed by atoms with Crippen molar-refractivity contribution in [3.63, 3.8) is 0 Å². The van der Waals surface area contributed by atoms with Gasteiger partial charge in [0.1, 0.15) is 0 Å². The van der Waals surface area contributed by atoms with Crippen LogP contribution in [0, 0.1) is 0 Å². The molecule has 0 bridgehead atoms. The minimum absolute atomic E-state index is 0.313. The number of hydrogen-bond acceptors (Lipinski definition) is 3. The van der Waals surface area contributed by atoms with Gasteiger partial charge in [0.15, 0.2) is 0 Å². The maximum absolute atomic E-state index is 6.38. The van der Waals surface area contributed by atoms with Gasteiger partial charge in [-0.1, -0.05) is 18.2 Å². The summed E-state index contributed by atoms with van der Waals surface area (Å²) in [6.07, 6.45) is 1.94. The maximum atomic E-state index is 6.38. The normalized spacial score (nSPS) is 22.4. The van der Waals surface area contributed by atoms with Gasteiger partial charge < -0.3 is 20.0 Å². The fourth-order valence-corrected chi connectivity index (χ4v) is 2.55. The highest BCUT2D eigenvalue weighted by atomic mass is 16.7. The molecule has 1 atom stereocenters. The third kappa shape index (κ3) is 1.97. The number of nitrogens with two attached hydrogens (primary N) is 1. The largest absolute Gasteiger partial charge is 0.480 e. The zero-order chi connectivity index (χ0) is 14.5. The van der Waals surface area contributed by atoms with Crippen LogP contribution in [-0.4, -0.2) is 23.3 Å². The molecule has 1 aliphatic rings. The van der Waals surface area contributed by atoms with E-state index in [1.165, 1.54) is 0 Å². The van der Waals surface area contributed by atoms with Crippen LogP contribution >= 0.6 is 0 Å². The summed E-state index contributed by atoms with van der Waals surface area (Å²) in [4.78, 5) is 3.24. The van der Waals surface area contributed by atoms with Gasteiger partial charge in [0.2, 0.25) is 0 Å². The predicted molar refractivity (Wildman–Crippen MR) is 81.3 cm³/mol. The third-order valence-corrected chi connectivity index (χ3v) is 4.55. The van der Waals surface area contributed by atoms with E-state index in [0.29, 0.717) is 0 Å². The zero-order valence-electron chi connectivity index (χ0n) is 12.4. The summed E-state index contributed by atoms with van der Waals surface area (Å²) in [5.41, 5.74) is 7.77. The van der Waals surface area contributed by atoms with E-state index in [1.54, 1.807) is 0 Å². The number of benzene rings is 1. The van der Waals surface area contributed by atoms with Crippen molar-refractivity contribution in [1.29, 1.82) is 0 Å². The second kappa shape index (κ2) is 4.35. The van der Waals surface area contributed by atoms with Crippen LogP contribution in [0.25, 0.3) is 10.9 Å². The van der Waals surface area contributed by atoms with E-state index < -0.39 is 7.12 Å². The predicted octanol–water partition coefficient (Wildman–Crippen LogP) is 2.80. The Morgan fingerprint density at radius 3 is 2.35 bits per heavy atom.